The summed E-state index contributed by atoms with van der Waals surface area (Å²) in [4.78, 5) is 22.4. The second-order valence-electron chi connectivity index (χ2n) is 2.79. The highest BCUT2D eigenvalue weighted by atomic mass is 32.2. The number of hydrogen-bond donors (Lipinski definition) is 1. The largest absolute Gasteiger partial charge is 0.294 e. The molecule has 2 saturated heterocycles. The molecule has 1 N–H and O–H groups in total. The van der Waals surface area contributed by atoms with Crippen LogP contribution in [0.5, 0.6) is 0 Å². The first-order valence-corrected chi connectivity index (χ1v) is 5.97. The highest BCUT2D eigenvalue weighted by molar-refractivity contribution is 8.05. The van der Waals surface area contributed by atoms with Crippen LogP contribution in [-0.4, -0.2) is 33.8 Å². The molecule has 5 heteroatoms. The lowest BCUT2D eigenvalue weighted by Gasteiger charge is -2.08. The summed E-state index contributed by atoms with van der Waals surface area (Å²) >= 11 is 3.23. The molecule has 66 valence electrons. The number of rotatable bonds is 0. The number of thioether (sulfide) groups is 2. The Morgan fingerprint density at radius 2 is 1.58 bits per heavy atom. The summed E-state index contributed by atoms with van der Waals surface area (Å²) in [6.07, 6.45) is 1.10. The van der Waals surface area contributed by atoms with Crippen molar-refractivity contribution in [1.29, 1.82) is 0 Å². The van der Waals surface area contributed by atoms with E-state index >= 15 is 0 Å². The van der Waals surface area contributed by atoms with Gasteiger partial charge in [0.05, 0.1) is 0 Å². The summed E-state index contributed by atoms with van der Waals surface area (Å²) in [5, 5.41) is 2.13. The molecule has 0 spiro atoms. The third kappa shape index (κ3) is 1.35. The number of nitrogens with one attached hydrogen (secondary N) is 1. The van der Waals surface area contributed by atoms with Crippen LogP contribution < -0.4 is 5.32 Å². The second-order valence-corrected chi connectivity index (χ2v) is 5.29. The lowest BCUT2D eigenvalue weighted by atomic mass is 10.3. The molecule has 2 atom stereocenters. The minimum absolute atomic E-state index is 0.0931. The first kappa shape index (κ1) is 8.44. The lowest BCUT2D eigenvalue weighted by Crippen LogP contribution is -2.23. The third-order valence-corrected chi connectivity index (χ3v) is 4.83. The topological polar surface area (TPSA) is 46.2 Å². The SMILES string of the molecule is O=C1NC(=O)[C@H]2SCCCSC12. The summed E-state index contributed by atoms with van der Waals surface area (Å²) in [6.45, 7) is 0. The van der Waals surface area contributed by atoms with E-state index in [2.05, 4.69) is 5.32 Å². The number of carbonyl (C=O) groups excluding carboxylic acids is 2. The maximum atomic E-state index is 11.2. The van der Waals surface area contributed by atoms with Gasteiger partial charge in [-0.15, -0.1) is 23.5 Å². The Morgan fingerprint density at radius 1 is 1.08 bits per heavy atom. The Balaban J connectivity index is 2.17. The molecule has 12 heavy (non-hydrogen) atoms. The third-order valence-electron chi connectivity index (χ3n) is 1.92. The van der Waals surface area contributed by atoms with E-state index in [0.29, 0.717) is 0 Å². The van der Waals surface area contributed by atoms with Gasteiger partial charge in [-0.25, -0.2) is 0 Å². The average Bonchev–Trinajstić information content (AvgIpc) is 2.29. The highest BCUT2D eigenvalue weighted by Gasteiger charge is 2.42. The zero-order valence-corrected chi connectivity index (χ0v) is 8.04. The molecule has 0 aromatic rings. The molecule has 2 fully saturated rings. The quantitative estimate of drug-likeness (QED) is 0.573. The van der Waals surface area contributed by atoms with E-state index in [9.17, 15) is 9.59 Å². The van der Waals surface area contributed by atoms with Crippen molar-refractivity contribution in [3.05, 3.63) is 0 Å². The van der Waals surface area contributed by atoms with Crippen LogP contribution >= 0.6 is 23.5 Å². The molecule has 0 aromatic carbocycles. The first-order chi connectivity index (χ1) is 5.79. The molecular weight excluding hydrogens is 194 g/mol. The normalized spacial score (nSPS) is 35.7. The molecule has 0 bridgehead atoms. The van der Waals surface area contributed by atoms with Gasteiger partial charge in [0.1, 0.15) is 10.5 Å². The molecule has 2 aliphatic heterocycles. The Hall–Kier alpha value is -0.160. The van der Waals surface area contributed by atoms with Gasteiger partial charge in [-0.3, -0.25) is 14.9 Å². The van der Waals surface area contributed by atoms with Crippen LogP contribution in [0.15, 0.2) is 0 Å². The van der Waals surface area contributed by atoms with Gasteiger partial charge in [0.15, 0.2) is 0 Å². The summed E-state index contributed by atoms with van der Waals surface area (Å²) < 4.78 is 0. The smallest absolute Gasteiger partial charge is 0.241 e. The van der Waals surface area contributed by atoms with Gasteiger partial charge in [-0.05, 0) is 17.9 Å². The molecule has 2 heterocycles. The summed E-state index contributed by atoms with van der Waals surface area (Å²) in [7, 11) is 0. The minimum atomic E-state index is -0.120. The Morgan fingerprint density at radius 3 is 2.08 bits per heavy atom. The second kappa shape index (κ2) is 3.30. The van der Waals surface area contributed by atoms with Crippen molar-refractivity contribution in [3.8, 4) is 0 Å². The summed E-state index contributed by atoms with van der Waals surface area (Å²) in [5.41, 5.74) is 0. The zero-order valence-electron chi connectivity index (χ0n) is 6.41. The summed E-state index contributed by atoms with van der Waals surface area (Å²) in [6, 6.07) is 0. The van der Waals surface area contributed by atoms with Crippen LogP contribution in [-0.2, 0) is 9.59 Å². The maximum Gasteiger partial charge on any atom is 0.241 e. The molecule has 0 radical (unpaired) electrons. The summed E-state index contributed by atoms with van der Waals surface area (Å²) in [5.74, 6) is 1.80. The van der Waals surface area contributed by atoms with Gasteiger partial charge in [0.2, 0.25) is 11.8 Å². The van der Waals surface area contributed by atoms with Crippen LogP contribution in [0, 0.1) is 0 Å². The van der Waals surface area contributed by atoms with Crippen molar-refractivity contribution in [2.75, 3.05) is 11.5 Å². The molecule has 0 saturated carbocycles. The Labute approximate surface area is 79.0 Å². The van der Waals surface area contributed by atoms with Crippen molar-refractivity contribution in [1.82, 2.24) is 5.32 Å². The lowest BCUT2D eigenvalue weighted by molar-refractivity contribution is -0.124. The molecule has 0 aliphatic carbocycles. The van der Waals surface area contributed by atoms with Gasteiger partial charge in [-0.2, -0.15) is 0 Å². The fourth-order valence-electron chi connectivity index (χ4n) is 1.34. The van der Waals surface area contributed by atoms with Crippen molar-refractivity contribution < 1.29 is 9.59 Å². The van der Waals surface area contributed by atoms with Crippen molar-refractivity contribution in [3.63, 3.8) is 0 Å². The molecule has 0 aromatic heterocycles. The number of imide groups is 1. The molecule has 2 amide bonds. The van der Waals surface area contributed by atoms with E-state index < -0.39 is 0 Å². The molecule has 2 rings (SSSR count). The van der Waals surface area contributed by atoms with E-state index in [4.69, 9.17) is 0 Å². The van der Waals surface area contributed by atoms with E-state index in [1.54, 1.807) is 23.5 Å². The van der Waals surface area contributed by atoms with Crippen molar-refractivity contribution in [2.24, 2.45) is 0 Å². The first-order valence-electron chi connectivity index (χ1n) is 3.87. The minimum Gasteiger partial charge on any atom is -0.294 e. The number of hydrogen-bond acceptors (Lipinski definition) is 4. The number of amides is 2. The monoisotopic (exact) mass is 203 g/mol. The van der Waals surface area contributed by atoms with Crippen LogP contribution in [0.4, 0.5) is 0 Å². The fourth-order valence-corrected chi connectivity index (χ4v) is 4.15. The van der Waals surface area contributed by atoms with E-state index in [0.717, 1.165) is 17.9 Å². The van der Waals surface area contributed by atoms with E-state index in [1.807, 2.05) is 0 Å². The van der Waals surface area contributed by atoms with Crippen LogP contribution in [0.1, 0.15) is 6.42 Å². The van der Waals surface area contributed by atoms with Crippen molar-refractivity contribution in [2.45, 2.75) is 16.9 Å². The Bertz CT molecular complexity index is 209. The van der Waals surface area contributed by atoms with E-state index in [-0.39, 0.29) is 22.3 Å². The molecule has 3 nitrogen and oxygen atoms in total. The van der Waals surface area contributed by atoms with Gasteiger partial charge in [0.25, 0.3) is 0 Å². The number of fused-ring (bicyclic) bond motifs is 1. The fraction of sp³-hybridized carbons (Fsp3) is 0.714. The average molecular weight is 203 g/mol. The predicted molar refractivity (Wildman–Crippen MR) is 50.3 cm³/mol. The molecule has 1 unspecified atom stereocenters. The van der Waals surface area contributed by atoms with Crippen molar-refractivity contribution >= 4 is 35.3 Å². The van der Waals surface area contributed by atoms with Gasteiger partial charge in [0, 0.05) is 0 Å². The molecular formula is C7H9NO2S2. The standard InChI is InChI=1S/C7H9NO2S2/c9-6-4-5(7(10)8-6)12-3-1-2-11-4/h4-5H,1-3H2,(H,8,9,10)/t4-,5?/m0/s1. The Kier molecular flexibility index (Phi) is 2.32. The van der Waals surface area contributed by atoms with Gasteiger partial charge < -0.3 is 0 Å². The number of carbonyl (C=O) groups is 2. The zero-order chi connectivity index (χ0) is 8.55. The van der Waals surface area contributed by atoms with Gasteiger partial charge >= 0.3 is 0 Å². The maximum absolute atomic E-state index is 11.2. The molecule has 2 aliphatic rings. The highest BCUT2D eigenvalue weighted by Crippen LogP contribution is 2.33. The van der Waals surface area contributed by atoms with Crippen LogP contribution in [0.2, 0.25) is 0 Å². The van der Waals surface area contributed by atoms with Crippen LogP contribution in [0.3, 0.4) is 0 Å². The van der Waals surface area contributed by atoms with E-state index in [1.165, 1.54) is 0 Å². The van der Waals surface area contributed by atoms with Gasteiger partial charge in [-0.1, -0.05) is 0 Å². The predicted octanol–water partition coefficient (Wildman–Crippen LogP) is 0.250. The van der Waals surface area contributed by atoms with Crippen LogP contribution in [0.25, 0.3) is 0 Å².